The summed E-state index contributed by atoms with van der Waals surface area (Å²) in [6, 6.07) is 18.2. The highest BCUT2D eigenvalue weighted by molar-refractivity contribution is 6.01. The van der Waals surface area contributed by atoms with Gasteiger partial charge in [0.1, 0.15) is 6.04 Å². The maximum atomic E-state index is 13.9. The number of hydrogen-bond donors (Lipinski definition) is 1. The summed E-state index contributed by atoms with van der Waals surface area (Å²) in [6.45, 7) is 5.70. The van der Waals surface area contributed by atoms with Crippen LogP contribution in [0.5, 0.6) is 0 Å². The molecule has 2 aromatic carbocycles. The summed E-state index contributed by atoms with van der Waals surface area (Å²) in [5.74, 6) is -1.23. The molecule has 0 saturated carbocycles. The Kier molecular flexibility index (Phi) is 9.06. The zero-order valence-electron chi connectivity index (χ0n) is 18.3. The lowest BCUT2D eigenvalue weighted by molar-refractivity contribution is -0.145. The van der Waals surface area contributed by atoms with Crippen molar-refractivity contribution in [1.82, 2.24) is 0 Å². The molecule has 0 bridgehead atoms. The second kappa shape index (κ2) is 11.5. The minimum Gasteiger partial charge on any atom is -0.467 e. The number of benzene rings is 2. The molecule has 5 nitrogen and oxygen atoms in total. The number of ether oxygens (including phenoxy) is 1. The van der Waals surface area contributed by atoms with Crippen molar-refractivity contribution in [2.45, 2.75) is 52.2 Å². The van der Waals surface area contributed by atoms with Gasteiger partial charge in [0.15, 0.2) is 0 Å². The van der Waals surface area contributed by atoms with Gasteiger partial charge in [-0.1, -0.05) is 69.3 Å². The van der Waals surface area contributed by atoms with Crippen LogP contribution in [-0.2, 0) is 20.7 Å². The minimum absolute atomic E-state index is 0.143. The molecule has 2 rings (SSSR count). The number of amides is 1. The monoisotopic (exact) mass is 411 g/mol. The molecule has 5 heteroatoms. The number of rotatable bonds is 10. The van der Waals surface area contributed by atoms with Gasteiger partial charge in [-0.25, -0.2) is 4.79 Å². The van der Waals surface area contributed by atoms with Crippen LogP contribution in [-0.4, -0.2) is 36.2 Å². The van der Waals surface area contributed by atoms with Gasteiger partial charge in [-0.15, -0.1) is 0 Å². The molecule has 1 N–H and O–H groups in total. The molecule has 0 aliphatic rings. The zero-order valence-corrected chi connectivity index (χ0v) is 18.3. The summed E-state index contributed by atoms with van der Waals surface area (Å²) in [7, 11) is 1.34. The first kappa shape index (κ1) is 23.6. The largest absolute Gasteiger partial charge is 0.467 e. The molecule has 3 atom stereocenters. The van der Waals surface area contributed by atoms with E-state index in [1.54, 1.807) is 4.90 Å². The fraction of sp³-hybridized carbons (Fsp3) is 0.440. The zero-order chi connectivity index (χ0) is 22.1. The number of methoxy groups -OCH3 is 1. The highest BCUT2D eigenvalue weighted by Crippen LogP contribution is 2.27. The number of esters is 1. The van der Waals surface area contributed by atoms with E-state index in [1.807, 2.05) is 81.4 Å². The summed E-state index contributed by atoms with van der Waals surface area (Å²) in [5.41, 5.74) is 1.67. The van der Waals surface area contributed by atoms with Crippen LogP contribution in [0.2, 0.25) is 0 Å². The Morgan fingerprint density at radius 2 is 1.57 bits per heavy atom. The lowest BCUT2D eigenvalue weighted by atomic mass is 9.90. The van der Waals surface area contributed by atoms with Crippen LogP contribution < -0.4 is 4.90 Å². The molecule has 0 aromatic heterocycles. The van der Waals surface area contributed by atoms with E-state index in [1.165, 1.54) is 7.11 Å². The number of para-hydroxylation sites is 1. The third-order valence-electron chi connectivity index (χ3n) is 5.33. The van der Waals surface area contributed by atoms with E-state index in [2.05, 4.69) is 0 Å². The van der Waals surface area contributed by atoms with Crippen LogP contribution in [0.1, 0.15) is 39.2 Å². The average Bonchev–Trinajstić information content (AvgIpc) is 2.76. The molecule has 162 valence electrons. The Morgan fingerprint density at radius 1 is 1.00 bits per heavy atom. The molecule has 2 unspecified atom stereocenters. The molecule has 0 aliphatic heterocycles. The standard InChI is InChI=1S/C25H33NO4/c1-5-22(27)17-20(16-19-12-8-6-9-13-19)24(28)26(21-14-10-7-11-15-21)23(18(2)3)25(29)30-4/h6-15,18,20,22-23,27H,5,16-17H2,1-4H3/t20?,22?,23-/m0/s1. The third kappa shape index (κ3) is 6.17. The first-order valence-electron chi connectivity index (χ1n) is 10.6. The van der Waals surface area contributed by atoms with E-state index in [4.69, 9.17) is 4.74 Å². The van der Waals surface area contributed by atoms with Crippen LogP contribution in [0.4, 0.5) is 5.69 Å². The van der Waals surface area contributed by atoms with Gasteiger partial charge in [-0.3, -0.25) is 9.69 Å². The predicted molar refractivity (Wildman–Crippen MR) is 119 cm³/mol. The molecule has 0 aliphatic carbocycles. The minimum atomic E-state index is -0.748. The topological polar surface area (TPSA) is 66.8 Å². The summed E-state index contributed by atoms with van der Waals surface area (Å²) in [4.78, 5) is 28.1. The quantitative estimate of drug-likeness (QED) is 0.594. The van der Waals surface area contributed by atoms with E-state index in [0.29, 0.717) is 24.9 Å². The summed E-state index contributed by atoms with van der Waals surface area (Å²) < 4.78 is 5.04. The summed E-state index contributed by atoms with van der Waals surface area (Å²) in [5, 5.41) is 10.3. The number of hydrogen-bond acceptors (Lipinski definition) is 4. The number of carbonyl (C=O) groups excluding carboxylic acids is 2. The Hall–Kier alpha value is -2.66. The van der Waals surface area contributed by atoms with Gasteiger partial charge < -0.3 is 9.84 Å². The van der Waals surface area contributed by atoms with Crippen LogP contribution >= 0.6 is 0 Å². The number of aliphatic hydroxyl groups is 1. The molecule has 0 saturated heterocycles. The summed E-state index contributed by atoms with van der Waals surface area (Å²) >= 11 is 0. The van der Waals surface area contributed by atoms with Gasteiger partial charge in [0.05, 0.1) is 13.2 Å². The predicted octanol–water partition coefficient (Wildman–Crippen LogP) is 4.24. The Bertz CT molecular complexity index is 791. The number of nitrogens with zero attached hydrogens (tertiary/aromatic N) is 1. The normalized spacial score (nSPS) is 14.1. The van der Waals surface area contributed by atoms with Crippen molar-refractivity contribution in [3.8, 4) is 0 Å². The third-order valence-corrected chi connectivity index (χ3v) is 5.33. The Balaban J connectivity index is 2.48. The van der Waals surface area contributed by atoms with Crippen molar-refractivity contribution >= 4 is 17.6 Å². The molecule has 0 fully saturated rings. The molecule has 2 aromatic rings. The fourth-order valence-corrected chi connectivity index (χ4v) is 3.67. The number of anilines is 1. The van der Waals surface area contributed by atoms with Crippen molar-refractivity contribution in [1.29, 1.82) is 0 Å². The second-order valence-electron chi connectivity index (χ2n) is 7.94. The lowest BCUT2D eigenvalue weighted by Gasteiger charge is -2.35. The van der Waals surface area contributed by atoms with Gasteiger partial charge in [0.25, 0.3) is 0 Å². The molecular formula is C25H33NO4. The molecule has 30 heavy (non-hydrogen) atoms. The van der Waals surface area contributed by atoms with E-state index in [0.717, 1.165) is 5.56 Å². The molecule has 0 spiro atoms. The maximum Gasteiger partial charge on any atom is 0.329 e. The molecule has 0 radical (unpaired) electrons. The van der Waals surface area contributed by atoms with Gasteiger partial charge in [-0.2, -0.15) is 0 Å². The van der Waals surface area contributed by atoms with Gasteiger partial charge in [0, 0.05) is 11.6 Å². The summed E-state index contributed by atoms with van der Waals surface area (Å²) in [6.07, 6.45) is 0.802. The Morgan fingerprint density at radius 3 is 2.07 bits per heavy atom. The molecule has 0 heterocycles. The fourth-order valence-electron chi connectivity index (χ4n) is 3.67. The van der Waals surface area contributed by atoms with Crippen molar-refractivity contribution in [2.24, 2.45) is 11.8 Å². The molecule has 1 amide bonds. The van der Waals surface area contributed by atoms with E-state index < -0.39 is 24.0 Å². The number of carbonyl (C=O) groups is 2. The van der Waals surface area contributed by atoms with Crippen molar-refractivity contribution in [2.75, 3.05) is 12.0 Å². The molecular weight excluding hydrogens is 378 g/mol. The van der Waals surface area contributed by atoms with E-state index >= 15 is 0 Å². The highest BCUT2D eigenvalue weighted by Gasteiger charge is 2.38. The van der Waals surface area contributed by atoms with Gasteiger partial charge in [-0.05, 0) is 42.9 Å². The first-order valence-corrected chi connectivity index (χ1v) is 10.6. The maximum absolute atomic E-state index is 13.9. The van der Waals surface area contributed by atoms with Crippen molar-refractivity contribution in [3.05, 3.63) is 66.2 Å². The van der Waals surface area contributed by atoms with E-state index in [-0.39, 0.29) is 11.8 Å². The van der Waals surface area contributed by atoms with Gasteiger partial charge in [0.2, 0.25) is 5.91 Å². The van der Waals surface area contributed by atoms with Gasteiger partial charge >= 0.3 is 5.97 Å². The average molecular weight is 412 g/mol. The van der Waals surface area contributed by atoms with Crippen molar-refractivity contribution < 1.29 is 19.4 Å². The van der Waals surface area contributed by atoms with Crippen LogP contribution in [0.3, 0.4) is 0 Å². The Labute approximate surface area is 179 Å². The van der Waals surface area contributed by atoms with Crippen molar-refractivity contribution in [3.63, 3.8) is 0 Å². The smallest absolute Gasteiger partial charge is 0.329 e. The highest BCUT2D eigenvalue weighted by atomic mass is 16.5. The first-order chi connectivity index (χ1) is 14.4. The lowest BCUT2D eigenvalue weighted by Crippen LogP contribution is -2.51. The number of aliphatic hydroxyl groups excluding tert-OH is 1. The van der Waals surface area contributed by atoms with Crippen LogP contribution in [0.15, 0.2) is 60.7 Å². The SMILES string of the molecule is CCC(O)CC(Cc1ccccc1)C(=O)N(c1ccccc1)[C@H](C(=O)OC)C(C)C. The second-order valence-corrected chi connectivity index (χ2v) is 7.94. The van der Waals surface area contributed by atoms with Crippen LogP contribution in [0, 0.1) is 11.8 Å². The van der Waals surface area contributed by atoms with E-state index in [9.17, 15) is 14.7 Å². The van der Waals surface area contributed by atoms with Crippen LogP contribution in [0.25, 0.3) is 0 Å².